The number of carbonyl (C=O) groups excluding carboxylic acids is 2. The van der Waals surface area contributed by atoms with Crippen LogP contribution in [0.25, 0.3) is 0 Å². The molecule has 0 N–H and O–H groups in total. The number of Topliss-reactive ketones (excluding diaryl/α,β-unsaturated/α-hetero) is 1. The van der Waals surface area contributed by atoms with E-state index in [1.807, 2.05) is 0 Å². The van der Waals surface area contributed by atoms with Crippen LogP contribution in [0, 0.1) is 0 Å². The van der Waals surface area contributed by atoms with Crippen molar-refractivity contribution in [1.82, 2.24) is 0 Å². The average molecular weight is 242 g/mol. The summed E-state index contributed by atoms with van der Waals surface area (Å²) in [5.74, 6) is -1.74. The molecule has 1 aliphatic heterocycles. The largest absolute Gasteiger partial charge is 0.466 e. The van der Waals surface area contributed by atoms with Crippen molar-refractivity contribution in [3.05, 3.63) is 12.7 Å². The molecule has 1 fully saturated rings. The van der Waals surface area contributed by atoms with Crippen molar-refractivity contribution in [3.63, 3.8) is 0 Å². The Morgan fingerprint density at radius 1 is 1.41 bits per heavy atom. The first-order chi connectivity index (χ1) is 7.89. The Kier molecular flexibility index (Phi) is 4.42. The molecule has 0 bridgehead atoms. The molecular weight excluding hydrogens is 224 g/mol. The molecule has 96 valence electrons. The van der Waals surface area contributed by atoms with Crippen LogP contribution in [0.15, 0.2) is 12.7 Å². The summed E-state index contributed by atoms with van der Waals surface area (Å²) in [6.07, 6.45) is -0.107. The van der Waals surface area contributed by atoms with Gasteiger partial charge < -0.3 is 14.2 Å². The van der Waals surface area contributed by atoms with Gasteiger partial charge in [0.1, 0.15) is 18.6 Å². The molecule has 0 aliphatic carbocycles. The minimum absolute atomic E-state index is 0.254. The molecule has 0 radical (unpaired) electrons. The molecule has 0 aromatic rings. The molecule has 5 nitrogen and oxygen atoms in total. The van der Waals surface area contributed by atoms with Crippen molar-refractivity contribution in [2.24, 2.45) is 0 Å². The molecule has 1 saturated heterocycles. The van der Waals surface area contributed by atoms with Crippen molar-refractivity contribution in [2.75, 3.05) is 6.61 Å². The monoisotopic (exact) mass is 242 g/mol. The fourth-order valence-corrected chi connectivity index (χ4v) is 1.67. The number of carbonyl (C=O) groups is 2. The first-order valence-corrected chi connectivity index (χ1v) is 5.56. The van der Waals surface area contributed by atoms with Crippen LogP contribution in [0.2, 0.25) is 0 Å². The highest BCUT2D eigenvalue weighted by atomic mass is 16.8. The van der Waals surface area contributed by atoms with Crippen LogP contribution in [0.5, 0.6) is 0 Å². The fourth-order valence-electron chi connectivity index (χ4n) is 1.67. The highest BCUT2D eigenvalue weighted by Gasteiger charge is 2.43. The van der Waals surface area contributed by atoms with Gasteiger partial charge in [-0.05, 0) is 20.8 Å². The summed E-state index contributed by atoms with van der Waals surface area (Å²) < 4.78 is 15.6. The summed E-state index contributed by atoms with van der Waals surface area (Å²) in [4.78, 5) is 23.0. The maximum atomic E-state index is 11.8. The third-order valence-corrected chi connectivity index (χ3v) is 2.30. The minimum Gasteiger partial charge on any atom is -0.466 e. The standard InChI is InChI=1S/C12H18O5/c1-5-9-11(17-12(3,4)16-9)8(13)7-10(14)15-6-2/h5,9,11H,1,6-7H2,2-4H3/t9-,11+/m0/s1. The first-order valence-electron chi connectivity index (χ1n) is 5.56. The lowest BCUT2D eigenvalue weighted by Crippen LogP contribution is -2.32. The molecule has 0 unspecified atom stereocenters. The Bertz CT molecular complexity index is 321. The molecule has 2 atom stereocenters. The Hall–Kier alpha value is -1.20. The van der Waals surface area contributed by atoms with E-state index in [0.717, 1.165) is 0 Å². The van der Waals surface area contributed by atoms with E-state index in [1.165, 1.54) is 6.08 Å². The summed E-state index contributed by atoms with van der Waals surface area (Å²) >= 11 is 0. The molecule has 1 heterocycles. The van der Waals surface area contributed by atoms with Crippen LogP contribution in [-0.2, 0) is 23.8 Å². The fraction of sp³-hybridized carbons (Fsp3) is 0.667. The zero-order chi connectivity index (χ0) is 13.1. The second-order valence-corrected chi connectivity index (χ2v) is 4.20. The molecule has 0 saturated carbocycles. The second kappa shape index (κ2) is 5.42. The van der Waals surface area contributed by atoms with Gasteiger partial charge in [-0.2, -0.15) is 0 Å². The van der Waals surface area contributed by atoms with Crippen molar-refractivity contribution >= 4 is 11.8 Å². The van der Waals surface area contributed by atoms with Crippen molar-refractivity contribution < 1.29 is 23.8 Å². The van der Waals surface area contributed by atoms with Gasteiger partial charge in [0.25, 0.3) is 0 Å². The quantitative estimate of drug-likeness (QED) is 0.412. The number of hydrogen-bond donors (Lipinski definition) is 0. The zero-order valence-electron chi connectivity index (χ0n) is 10.4. The summed E-state index contributed by atoms with van der Waals surface area (Å²) in [6, 6.07) is 0. The zero-order valence-corrected chi connectivity index (χ0v) is 10.4. The Labute approximate surface area is 101 Å². The van der Waals surface area contributed by atoms with Gasteiger partial charge in [-0.15, -0.1) is 6.58 Å². The van der Waals surface area contributed by atoms with Crippen molar-refractivity contribution in [3.8, 4) is 0 Å². The number of hydrogen-bond acceptors (Lipinski definition) is 5. The number of ether oxygens (including phenoxy) is 3. The van der Waals surface area contributed by atoms with Gasteiger partial charge in [-0.25, -0.2) is 0 Å². The Morgan fingerprint density at radius 3 is 2.59 bits per heavy atom. The van der Waals surface area contributed by atoms with Gasteiger partial charge in [-0.1, -0.05) is 6.08 Å². The Morgan fingerprint density at radius 2 is 2.06 bits per heavy atom. The lowest BCUT2D eigenvalue weighted by atomic mass is 10.1. The average Bonchev–Trinajstić information content (AvgIpc) is 2.54. The molecule has 1 rings (SSSR count). The highest BCUT2D eigenvalue weighted by Crippen LogP contribution is 2.29. The van der Waals surface area contributed by atoms with Crippen molar-refractivity contribution in [1.29, 1.82) is 0 Å². The molecule has 0 amide bonds. The van der Waals surface area contributed by atoms with E-state index < -0.39 is 24.0 Å². The normalized spacial score (nSPS) is 26.5. The predicted molar refractivity (Wildman–Crippen MR) is 60.3 cm³/mol. The van der Waals surface area contributed by atoms with E-state index in [2.05, 4.69) is 6.58 Å². The molecule has 17 heavy (non-hydrogen) atoms. The van der Waals surface area contributed by atoms with Crippen LogP contribution in [0.4, 0.5) is 0 Å². The van der Waals surface area contributed by atoms with Gasteiger partial charge in [0.05, 0.1) is 6.61 Å². The van der Waals surface area contributed by atoms with Crippen LogP contribution in [0.1, 0.15) is 27.2 Å². The maximum Gasteiger partial charge on any atom is 0.313 e. The van der Waals surface area contributed by atoms with Crippen LogP contribution < -0.4 is 0 Å². The van der Waals surface area contributed by atoms with E-state index in [4.69, 9.17) is 14.2 Å². The molecule has 0 spiro atoms. The van der Waals surface area contributed by atoms with Gasteiger partial charge in [-0.3, -0.25) is 9.59 Å². The molecular formula is C12H18O5. The van der Waals surface area contributed by atoms with E-state index in [0.29, 0.717) is 0 Å². The lowest BCUT2D eigenvalue weighted by Gasteiger charge is -2.16. The number of rotatable bonds is 5. The summed E-state index contributed by atoms with van der Waals surface area (Å²) in [6.45, 7) is 8.94. The minimum atomic E-state index is -0.839. The molecule has 5 heteroatoms. The Balaban J connectivity index is 2.62. The van der Waals surface area contributed by atoms with Crippen LogP contribution >= 0.6 is 0 Å². The second-order valence-electron chi connectivity index (χ2n) is 4.20. The summed E-state index contributed by atoms with van der Waals surface area (Å²) in [5, 5.41) is 0. The third kappa shape index (κ3) is 3.64. The first kappa shape index (κ1) is 13.9. The lowest BCUT2D eigenvalue weighted by molar-refractivity contribution is -0.157. The molecule has 0 aromatic carbocycles. The predicted octanol–water partition coefficient (Wildman–Crippen LogP) is 1.21. The number of ketones is 1. The van der Waals surface area contributed by atoms with E-state index in [9.17, 15) is 9.59 Å². The maximum absolute atomic E-state index is 11.8. The molecule has 0 aromatic heterocycles. The number of esters is 1. The molecule has 1 aliphatic rings. The van der Waals surface area contributed by atoms with Gasteiger partial charge in [0.15, 0.2) is 11.6 Å². The smallest absolute Gasteiger partial charge is 0.313 e. The summed E-state index contributed by atoms with van der Waals surface area (Å²) in [7, 11) is 0. The SMILES string of the molecule is C=C[C@@H]1OC(C)(C)O[C@@H]1C(=O)CC(=O)OCC. The van der Waals surface area contributed by atoms with Gasteiger partial charge in [0, 0.05) is 0 Å². The van der Waals surface area contributed by atoms with E-state index >= 15 is 0 Å². The van der Waals surface area contributed by atoms with E-state index in [1.54, 1.807) is 20.8 Å². The van der Waals surface area contributed by atoms with Crippen molar-refractivity contribution in [2.45, 2.75) is 45.2 Å². The topological polar surface area (TPSA) is 61.8 Å². The van der Waals surface area contributed by atoms with E-state index in [-0.39, 0.29) is 18.8 Å². The van der Waals surface area contributed by atoms with Gasteiger partial charge in [0.2, 0.25) is 0 Å². The third-order valence-electron chi connectivity index (χ3n) is 2.30. The van der Waals surface area contributed by atoms with Gasteiger partial charge >= 0.3 is 5.97 Å². The van der Waals surface area contributed by atoms with Crippen LogP contribution in [-0.4, -0.2) is 36.4 Å². The van der Waals surface area contributed by atoms with Crippen LogP contribution in [0.3, 0.4) is 0 Å². The highest BCUT2D eigenvalue weighted by molar-refractivity contribution is 5.98. The summed E-state index contributed by atoms with van der Waals surface area (Å²) in [5.41, 5.74) is 0.